The Kier molecular flexibility index (Phi) is 9.63. The molecule has 0 aliphatic carbocycles. The summed E-state index contributed by atoms with van der Waals surface area (Å²) in [5, 5.41) is 27.5. The summed E-state index contributed by atoms with van der Waals surface area (Å²) in [6.45, 7) is 2.93. The van der Waals surface area contributed by atoms with Gasteiger partial charge in [0.2, 0.25) is 5.16 Å². The molecule has 1 aromatic heterocycles. The zero-order valence-corrected chi connectivity index (χ0v) is 23.9. The molecule has 1 saturated heterocycles. The minimum Gasteiger partial charge on any atom is -0.392 e. The molecule has 2 heterocycles. The number of aliphatic hydroxyl groups is 1. The Morgan fingerprint density at radius 3 is 2.49 bits per heavy atom. The molecule has 0 unspecified atom stereocenters. The second-order valence-corrected chi connectivity index (χ2v) is 10.8. The third-order valence-electron chi connectivity index (χ3n) is 6.83. The van der Waals surface area contributed by atoms with Crippen LogP contribution < -0.4 is 10.6 Å². The van der Waals surface area contributed by atoms with Crippen LogP contribution in [0.1, 0.15) is 48.0 Å². The highest BCUT2D eigenvalue weighted by Crippen LogP contribution is 2.39. The van der Waals surface area contributed by atoms with Crippen molar-refractivity contribution in [2.45, 2.75) is 50.2 Å². The van der Waals surface area contributed by atoms with E-state index in [4.69, 9.17) is 9.47 Å². The first-order valence-corrected chi connectivity index (χ1v) is 14.6. The van der Waals surface area contributed by atoms with E-state index in [1.54, 1.807) is 16.4 Å². The molecule has 1 aliphatic rings. The second kappa shape index (κ2) is 13.7. The van der Waals surface area contributed by atoms with E-state index in [9.17, 15) is 9.90 Å². The molecule has 2 amide bonds. The number of benzene rings is 3. The molecule has 4 aromatic rings. The van der Waals surface area contributed by atoms with Crippen LogP contribution in [-0.4, -0.2) is 49.7 Å². The van der Waals surface area contributed by atoms with Gasteiger partial charge in [-0.05, 0) is 51.2 Å². The molecule has 10 nitrogen and oxygen atoms in total. The standard InChI is InChI=1S/C30H34N6O4S/c1-3-31-29(38)32-17-21-5-4-6-25(15-21)22-11-13-24(14-12-22)28-39-26(19-41-30-33-34-35-36(30)2)16-27(40-28)23-9-7-20(18-37)8-10-23/h4-15,26-28,37H,3,16-19H2,1-2H3,(H2,31,32,38)/t26-,27+,28+/m0/s1. The van der Waals surface area contributed by atoms with Crippen molar-refractivity contribution in [3.63, 3.8) is 0 Å². The molecular formula is C30H34N6O4S. The van der Waals surface area contributed by atoms with Gasteiger partial charge in [0.05, 0.1) is 18.8 Å². The molecule has 3 aromatic carbocycles. The van der Waals surface area contributed by atoms with Gasteiger partial charge < -0.3 is 25.2 Å². The number of thioether (sulfide) groups is 1. The van der Waals surface area contributed by atoms with Crippen LogP contribution in [0.5, 0.6) is 0 Å². The van der Waals surface area contributed by atoms with Gasteiger partial charge in [-0.1, -0.05) is 78.5 Å². The van der Waals surface area contributed by atoms with E-state index in [0.717, 1.165) is 38.5 Å². The highest BCUT2D eigenvalue weighted by atomic mass is 32.2. The summed E-state index contributed by atoms with van der Waals surface area (Å²) in [7, 11) is 1.82. The van der Waals surface area contributed by atoms with Crippen molar-refractivity contribution in [2.24, 2.45) is 7.05 Å². The lowest BCUT2D eigenvalue weighted by molar-refractivity contribution is -0.245. The number of aromatic nitrogens is 4. The van der Waals surface area contributed by atoms with Gasteiger partial charge in [0.1, 0.15) is 0 Å². The summed E-state index contributed by atoms with van der Waals surface area (Å²) in [5.74, 6) is 0.675. The van der Waals surface area contributed by atoms with Crippen molar-refractivity contribution in [2.75, 3.05) is 12.3 Å². The Morgan fingerprint density at radius 1 is 1.00 bits per heavy atom. The van der Waals surface area contributed by atoms with Gasteiger partial charge >= 0.3 is 6.03 Å². The van der Waals surface area contributed by atoms with Crippen LogP contribution >= 0.6 is 11.8 Å². The molecule has 0 saturated carbocycles. The number of ether oxygens (including phenoxy) is 2. The SMILES string of the molecule is CCNC(=O)NCc1cccc(-c2ccc([C@@H]3O[C@H](CSc4nnnn4C)C[C@H](c4ccc(CO)cc4)O3)cc2)c1. The Morgan fingerprint density at radius 2 is 1.78 bits per heavy atom. The summed E-state index contributed by atoms with van der Waals surface area (Å²) in [4.78, 5) is 11.8. The molecular weight excluding hydrogens is 540 g/mol. The molecule has 0 spiro atoms. The number of hydrogen-bond donors (Lipinski definition) is 3. The maximum Gasteiger partial charge on any atom is 0.315 e. The first-order valence-electron chi connectivity index (χ1n) is 13.6. The van der Waals surface area contributed by atoms with Crippen molar-refractivity contribution in [1.82, 2.24) is 30.8 Å². The van der Waals surface area contributed by atoms with Crippen molar-refractivity contribution in [3.05, 3.63) is 95.1 Å². The number of hydrogen-bond acceptors (Lipinski definition) is 8. The third kappa shape index (κ3) is 7.50. The number of nitrogens with zero attached hydrogens (tertiary/aromatic N) is 4. The molecule has 0 bridgehead atoms. The van der Waals surface area contributed by atoms with E-state index in [0.29, 0.717) is 25.3 Å². The summed E-state index contributed by atoms with van der Waals surface area (Å²) >= 11 is 1.55. The van der Waals surface area contributed by atoms with E-state index < -0.39 is 6.29 Å². The van der Waals surface area contributed by atoms with Crippen LogP contribution in [0.15, 0.2) is 78.0 Å². The van der Waals surface area contributed by atoms with Crippen molar-refractivity contribution < 1.29 is 19.4 Å². The van der Waals surface area contributed by atoms with Crippen molar-refractivity contribution in [1.29, 1.82) is 0 Å². The fourth-order valence-electron chi connectivity index (χ4n) is 4.63. The first-order chi connectivity index (χ1) is 20.0. The fraction of sp³-hybridized carbons (Fsp3) is 0.333. The average molecular weight is 575 g/mol. The molecule has 0 radical (unpaired) electrons. The number of carbonyl (C=O) groups is 1. The molecule has 41 heavy (non-hydrogen) atoms. The van der Waals surface area contributed by atoms with Gasteiger partial charge in [0.15, 0.2) is 6.29 Å². The van der Waals surface area contributed by atoms with Crippen molar-refractivity contribution >= 4 is 17.8 Å². The predicted octanol–water partition coefficient (Wildman–Crippen LogP) is 4.53. The Bertz CT molecular complexity index is 1430. The molecule has 11 heteroatoms. The lowest BCUT2D eigenvalue weighted by Crippen LogP contribution is -2.34. The van der Waals surface area contributed by atoms with Crippen LogP contribution in [0.25, 0.3) is 11.1 Å². The van der Waals surface area contributed by atoms with Crippen molar-refractivity contribution in [3.8, 4) is 11.1 Å². The normalized spacial score (nSPS) is 18.7. The van der Waals surface area contributed by atoms with E-state index in [1.165, 1.54) is 0 Å². The highest BCUT2D eigenvalue weighted by Gasteiger charge is 2.32. The van der Waals surface area contributed by atoms with Gasteiger partial charge in [-0.3, -0.25) is 0 Å². The zero-order valence-electron chi connectivity index (χ0n) is 23.1. The van der Waals surface area contributed by atoms with Gasteiger partial charge in [-0.2, -0.15) is 0 Å². The zero-order chi connectivity index (χ0) is 28.6. The molecule has 214 valence electrons. The largest absolute Gasteiger partial charge is 0.392 e. The van der Waals surface area contributed by atoms with E-state index >= 15 is 0 Å². The second-order valence-electron chi connectivity index (χ2n) is 9.78. The summed E-state index contributed by atoms with van der Waals surface area (Å²) in [5.41, 5.74) is 5.97. The van der Waals surface area contributed by atoms with E-state index in [1.807, 2.05) is 62.5 Å². The van der Waals surface area contributed by atoms with Crippen LogP contribution in [0.3, 0.4) is 0 Å². The van der Waals surface area contributed by atoms with Crippen LogP contribution in [0.2, 0.25) is 0 Å². The number of carbonyl (C=O) groups excluding carboxylic acids is 1. The minimum absolute atomic E-state index is 0.00248. The first kappa shape index (κ1) is 28.7. The fourth-order valence-corrected chi connectivity index (χ4v) is 5.50. The molecule has 5 rings (SSSR count). The molecule has 3 atom stereocenters. The summed E-state index contributed by atoms with van der Waals surface area (Å²) in [6.07, 6.45) is -0.121. The molecule has 3 N–H and O–H groups in total. The highest BCUT2D eigenvalue weighted by molar-refractivity contribution is 7.99. The molecule has 1 fully saturated rings. The van der Waals surface area contributed by atoms with Gasteiger partial charge in [-0.15, -0.1) is 5.10 Å². The quantitative estimate of drug-likeness (QED) is 0.236. The van der Waals surface area contributed by atoms with Gasteiger partial charge in [-0.25, -0.2) is 9.48 Å². The smallest absolute Gasteiger partial charge is 0.315 e. The number of aryl methyl sites for hydroxylation is 1. The van der Waals surface area contributed by atoms with E-state index in [-0.39, 0.29) is 24.8 Å². The lowest BCUT2D eigenvalue weighted by atomic mass is 9.99. The lowest BCUT2D eigenvalue weighted by Gasteiger charge is -2.36. The van der Waals surface area contributed by atoms with Crippen LogP contribution in [-0.2, 0) is 29.7 Å². The van der Waals surface area contributed by atoms with Gasteiger partial charge in [0.25, 0.3) is 0 Å². The number of nitrogens with one attached hydrogen (secondary N) is 2. The minimum atomic E-state index is -0.545. The molecule has 1 aliphatic heterocycles. The number of amides is 2. The number of urea groups is 1. The average Bonchev–Trinajstić information content (AvgIpc) is 3.43. The van der Waals surface area contributed by atoms with Gasteiger partial charge in [0, 0.05) is 37.9 Å². The maximum atomic E-state index is 11.8. The number of rotatable bonds is 10. The third-order valence-corrected chi connectivity index (χ3v) is 7.97. The summed E-state index contributed by atoms with van der Waals surface area (Å²) < 4.78 is 14.6. The van der Waals surface area contributed by atoms with Crippen LogP contribution in [0, 0.1) is 0 Å². The number of tetrazole rings is 1. The van der Waals surface area contributed by atoms with Crippen LogP contribution in [0.4, 0.5) is 4.79 Å². The summed E-state index contributed by atoms with van der Waals surface area (Å²) in [6, 6.07) is 24.0. The Balaban J connectivity index is 1.31. The monoisotopic (exact) mass is 574 g/mol. The maximum absolute atomic E-state index is 11.8. The topological polar surface area (TPSA) is 123 Å². The van der Waals surface area contributed by atoms with E-state index in [2.05, 4.69) is 50.4 Å². The number of aliphatic hydroxyl groups excluding tert-OH is 1. The Hall–Kier alpha value is -3.77. The predicted molar refractivity (Wildman–Crippen MR) is 156 cm³/mol. The Labute approximate surface area is 243 Å².